The molecule has 0 aliphatic rings. The van der Waals surface area contributed by atoms with Crippen LogP contribution >= 0.6 is 0 Å². The van der Waals surface area contributed by atoms with Gasteiger partial charge in [0.05, 0.1) is 13.2 Å². The van der Waals surface area contributed by atoms with Crippen LogP contribution in [0.2, 0.25) is 18.1 Å². The maximum atomic E-state index is 10.6. The Labute approximate surface area is 155 Å². The lowest BCUT2D eigenvalue weighted by Crippen LogP contribution is -2.44. The topological polar surface area (TPSA) is 38.7 Å². The highest BCUT2D eigenvalue weighted by Gasteiger charge is 2.38. The molecular formula is C21H36O3Si. The molecule has 1 rings (SSSR count). The van der Waals surface area contributed by atoms with Crippen molar-refractivity contribution >= 4 is 8.32 Å². The number of aliphatic hydroxyl groups is 1. The van der Waals surface area contributed by atoms with E-state index in [-0.39, 0.29) is 11.1 Å². The fourth-order valence-electron chi connectivity index (χ4n) is 1.99. The van der Waals surface area contributed by atoms with Crippen molar-refractivity contribution in [2.45, 2.75) is 71.6 Å². The van der Waals surface area contributed by atoms with Crippen LogP contribution in [0, 0.1) is 5.92 Å². The van der Waals surface area contributed by atoms with Gasteiger partial charge in [-0.3, -0.25) is 0 Å². The summed E-state index contributed by atoms with van der Waals surface area (Å²) in [5.41, 5.74) is 1.10. The molecule has 0 heterocycles. The smallest absolute Gasteiger partial charge is 0.192 e. The van der Waals surface area contributed by atoms with Gasteiger partial charge in [0.2, 0.25) is 0 Å². The highest BCUT2D eigenvalue weighted by molar-refractivity contribution is 6.74. The van der Waals surface area contributed by atoms with Crippen LogP contribution in [0.1, 0.15) is 40.2 Å². The standard InChI is InChI=1S/C21H36O3Si/c1-17(2)13-14-19(22)20(16-24-25(6,7)21(3,4)5)23-15-18-11-9-8-10-12-18/h8-14,17,19-20,22H,15-16H2,1-7H3/b14-13+/t19-,20-/m0/s1. The van der Waals surface area contributed by atoms with E-state index < -0.39 is 14.4 Å². The number of hydrogen-bond donors (Lipinski definition) is 1. The fourth-order valence-corrected chi connectivity index (χ4v) is 3.00. The van der Waals surface area contributed by atoms with Gasteiger partial charge in [-0.05, 0) is 29.6 Å². The van der Waals surface area contributed by atoms with Crippen molar-refractivity contribution in [2.75, 3.05) is 6.61 Å². The summed E-state index contributed by atoms with van der Waals surface area (Å²) in [5.74, 6) is 0.394. The van der Waals surface area contributed by atoms with Crippen molar-refractivity contribution < 1.29 is 14.3 Å². The van der Waals surface area contributed by atoms with Gasteiger partial charge in [0.25, 0.3) is 0 Å². The summed E-state index contributed by atoms with van der Waals surface area (Å²) in [6, 6.07) is 10.0. The number of aliphatic hydroxyl groups excluding tert-OH is 1. The summed E-state index contributed by atoms with van der Waals surface area (Å²) in [7, 11) is -1.88. The molecule has 1 aromatic carbocycles. The molecule has 0 unspecified atom stereocenters. The third-order valence-corrected chi connectivity index (χ3v) is 9.30. The summed E-state index contributed by atoms with van der Waals surface area (Å²) in [4.78, 5) is 0. The van der Waals surface area contributed by atoms with Crippen LogP contribution in [-0.2, 0) is 15.8 Å². The summed E-state index contributed by atoms with van der Waals surface area (Å²) < 4.78 is 12.3. The zero-order valence-electron chi connectivity index (χ0n) is 17.0. The maximum absolute atomic E-state index is 10.6. The molecule has 1 aromatic rings. The molecule has 0 radical (unpaired) electrons. The molecule has 0 amide bonds. The lowest BCUT2D eigenvalue weighted by molar-refractivity contribution is -0.0513. The van der Waals surface area contributed by atoms with Gasteiger partial charge in [0.1, 0.15) is 12.2 Å². The van der Waals surface area contributed by atoms with E-state index in [9.17, 15) is 5.11 Å². The van der Waals surface area contributed by atoms with E-state index in [0.717, 1.165) is 5.56 Å². The van der Waals surface area contributed by atoms with E-state index in [4.69, 9.17) is 9.16 Å². The number of hydrogen-bond acceptors (Lipinski definition) is 3. The van der Waals surface area contributed by atoms with Gasteiger partial charge in [-0.25, -0.2) is 0 Å². The second-order valence-electron chi connectivity index (χ2n) is 8.53. The molecule has 1 N–H and O–H groups in total. The van der Waals surface area contributed by atoms with Crippen LogP contribution < -0.4 is 0 Å². The largest absolute Gasteiger partial charge is 0.414 e. The first-order valence-corrected chi connectivity index (χ1v) is 12.1. The second-order valence-corrected chi connectivity index (χ2v) is 13.3. The third kappa shape index (κ3) is 7.86. The molecule has 25 heavy (non-hydrogen) atoms. The molecule has 4 heteroatoms. The zero-order valence-corrected chi connectivity index (χ0v) is 18.0. The predicted octanol–water partition coefficient (Wildman–Crippen LogP) is 5.17. The third-order valence-electron chi connectivity index (χ3n) is 4.80. The minimum atomic E-state index is -1.88. The molecule has 0 saturated heterocycles. The maximum Gasteiger partial charge on any atom is 0.192 e. The van der Waals surface area contributed by atoms with Crippen molar-refractivity contribution in [1.29, 1.82) is 0 Å². The Hall–Kier alpha value is -0.943. The van der Waals surface area contributed by atoms with E-state index >= 15 is 0 Å². The van der Waals surface area contributed by atoms with E-state index in [1.165, 1.54) is 0 Å². The van der Waals surface area contributed by atoms with E-state index in [2.05, 4.69) is 47.7 Å². The van der Waals surface area contributed by atoms with Crippen LogP contribution in [0.3, 0.4) is 0 Å². The van der Waals surface area contributed by atoms with Crippen molar-refractivity contribution in [1.82, 2.24) is 0 Å². The Bertz CT molecular complexity index is 518. The molecule has 142 valence electrons. The van der Waals surface area contributed by atoms with E-state index in [1.807, 2.05) is 42.5 Å². The van der Waals surface area contributed by atoms with E-state index in [1.54, 1.807) is 0 Å². The average Bonchev–Trinajstić information content (AvgIpc) is 2.52. The van der Waals surface area contributed by atoms with E-state index in [0.29, 0.717) is 19.1 Å². The number of benzene rings is 1. The highest BCUT2D eigenvalue weighted by atomic mass is 28.4. The van der Waals surface area contributed by atoms with Crippen LogP contribution in [0.25, 0.3) is 0 Å². The Morgan fingerprint density at radius 3 is 2.20 bits per heavy atom. The van der Waals surface area contributed by atoms with Gasteiger partial charge < -0.3 is 14.3 Å². The molecule has 0 spiro atoms. The predicted molar refractivity (Wildman–Crippen MR) is 108 cm³/mol. The second kappa shape index (κ2) is 9.67. The summed E-state index contributed by atoms with van der Waals surface area (Å²) in [6.45, 7) is 16.2. The van der Waals surface area contributed by atoms with Crippen LogP contribution in [-0.4, -0.2) is 32.2 Å². The molecule has 3 nitrogen and oxygen atoms in total. The highest BCUT2D eigenvalue weighted by Crippen LogP contribution is 2.36. The average molecular weight is 365 g/mol. The number of allylic oxidation sites excluding steroid dienone is 1. The van der Waals surface area contributed by atoms with Gasteiger partial charge in [-0.2, -0.15) is 0 Å². The monoisotopic (exact) mass is 364 g/mol. The zero-order chi connectivity index (χ0) is 19.1. The minimum absolute atomic E-state index is 0.135. The van der Waals surface area contributed by atoms with Gasteiger partial charge in [0, 0.05) is 0 Å². The van der Waals surface area contributed by atoms with Gasteiger partial charge in [-0.15, -0.1) is 0 Å². The minimum Gasteiger partial charge on any atom is -0.414 e. The van der Waals surface area contributed by atoms with Crippen molar-refractivity contribution in [3.05, 3.63) is 48.0 Å². The fraction of sp³-hybridized carbons (Fsp3) is 0.619. The van der Waals surface area contributed by atoms with Gasteiger partial charge in [0.15, 0.2) is 8.32 Å². The van der Waals surface area contributed by atoms with Crippen molar-refractivity contribution in [2.24, 2.45) is 5.92 Å². The Balaban J connectivity index is 2.76. The van der Waals surface area contributed by atoms with Crippen LogP contribution in [0.5, 0.6) is 0 Å². The molecule has 2 atom stereocenters. The van der Waals surface area contributed by atoms with Gasteiger partial charge in [-0.1, -0.05) is 77.1 Å². The normalized spacial score (nSPS) is 15.7. The summed E-state index contributed by atoms with van der Waals surface area (Å²) in [6.07, 6.45) is 2.80. The number of ether oxygens (including phenoxy) is 1. The molecular weight excluding hydrogens is 328 g/mol. The quantitative estimate of drug-likeness (QED) is 0.485. The van der Waals surface area contributed by atoms with Crippen molar-refractivity contribution in [3.63, 3.8) is 0 Å². The molecule has 0 bridgehead atoms. The molecule has 0 aliphatic carbocycles. The Morgan fingerprint density at radius 1 is 1.08 bits per heavy atom. The first kappa shape index (κ1) is 22.1. The lowest BCUT2D eigenvalue weighted by atomic mass is 10.1. The van der Waals surface area contributed by atoms with Crippen LogP contribution in [0.4, 0.5) is 0 Å². The SMILES string of the molecule is CC(C)/C=C/[C@H](O)[C@H](CO[Si](C)(C)C(C)(C)C)OCc1ccccc1. The molecule has 0 aliphatic heterocycles. The summed E-state index contributed by atoms with van der Waals surface area (Å²) >= 11 is 0. The Morgan fingerprint density at radius 2 is 1.68 bits per heavy atom. The summed E-state index contributed by atoms with van der Waals surface area (Å²) in [5, 5.41) is 10.7. The first-order valence-electron chi connectivity index (χ1n) is 9.19. The molecule has 0 saturated carbocycles. The first-order chi connectivity index (χ1) is 11.5. The Kier molecular flexibility index (Phi) is 8.55. The van der Waals surface area contributed by atoms with Gasteiger partial charge >= 0.3 is 0 Å². The molecule has 0 aromatic heterocycles. The molecule has 0 fully saturated rings. The van der Waals surface area contributed by atoms with Crippen LogP contribution in [0.15, 0.2) is 42.5 Å². The number of rotatable bonds is 9. The lowest BCUT2D eigenvalue weighted by Gasteiger charge is -2.37. The van der Waals surface area contributed by atoms with Crippen molar-refractivity contribution in [3.8, 4) is 0 Å².